The van der Waals surface area contributed by atoms with Crippen molar-refractivity contribution in [2.45, 2.75) is 12.5 Å². The van der Waals surface area contributed by atoms with Gasteiger partial charge in [0.1, 0.15) is 6.04 Å². The van der Waals surface area contributed by atoms with Crippen LogP contribution < -0.4 is 4.90 Å². The average Bonchev–Trinajstić information content (AvgIpc) is 2.39. The Morgan fingerprint density at radius 1 is 1.12 bits per heavy atom. The molecule has 0 radical (unpaired) electrons. The van der Waals surface area contributed by atoms with Gasteiger partial charge in [-0.15, -0.1) is 0 Å². The summed E-state index contributed by atoms with van der Waals surface area (Å²) in [5.41, 5.74) is 4.34. The van der Waals surface area contributed by atoms with Crippen LogP contribution in [0.15, 0.2) is 48.8 Å². The summed E-state index contributed by atoms with van der Waals surface area (Å²) < 4.78 is 0. The number of quaternary nitrogens is 1. The van der Waals surface area contributed by atoms with E-state index in [1.54, 1.807) is 4.90 Å². The van der Waals surface area contributed by atoms with Gasteiger partial charge in [0, 0.05) is 29.9 Å². The van der Waals surface area contributed by atoms with E-state index in [2.05, 4.69) is 48.4 Å². The van der Waals surface area contributed by atoms with Crippen molar-refractivity contribution in [1.82, 2.24) is 4.98 Å². The third kappa shape index (κ3) is 1.85. The molecule has 2 nitrogen and oxygen atoms in total. The van der Waals surface area contributed by atoms with E-state index in [0.717, 1.165) is 0 Å². The van der Waals surface area contributed by atoms with Crippen LogP contribution in [0.25, 0.3) is 0 Å². The van der Waals surface area contributed by atoms with Crippen LogP contribution in [-0.2, 0) is 6.42 Å². The van der Waals surface area contributed by atoms with Crippen molar-refractivity contribution in [2.75, 3.05) is 13.6 Å². The molecule has 3 rings (SSSR count). The summed E-state index contributed by atoms with van der Waals surface area (Å²) in [6, 6.07) is 13.5. The summed E-state index contributed by atoms with van der Waals surface area (Å²) >= 11 is 0. The highest BCUT2D eigenvalue weighted by atomic mass is 15.1. The SMILES string of the molecule is C[NH+]1CCc2ccccc2[C@@H]1c1ccncc1. The Morgan fingerprint density at radius 3 is 2.71 bits per heavy atom. The number of hydrogen-bond donors (Lipinski definition) is 1. The number of fused-ring (bicyclic) bond motifs is 1. The number of likely N-dealkylation sites (N-methyl/N-ethyl adjacent to an activating group) is 1. The van der Waals surface area contributed by atoms with Crippen LogP contribution in [0.1, 0.15) is 22.7 Å². The van der Waals surface area contributed by atoms with E-state index in [-0.39, 0.29) is 0 Å². The molecule has 0 aliphatic carbocycles. The normalized spacial score (nSPS) is 23.1. The second-order valence-corrected chi connectivity index (χ2v) is 4.76. The van der Waals surface area contributed by atoms with Crippen LogP contribution in [0.3, 0.4) is 0 Å². The molecule has 1 unspecified atom stereocenters. The van der Waals surface area contributed by atoms with Crippen LogP contribution in [0.5, 0.6) is 0 Å². The molecular weight excluding hydrogens is 208 g/mol. The highest BCUT2D eigenvalue weighted by Crippen LogP contribution is 2.24. The molecule has 1 aliphatic heterocycles. The summed E-state index contributed by atoms with van der Waals surface area (Å²) in [5.74, 6) is 0. The summed E-state index contributed by atoms with van der Waals surface area (Å²) in [6.07, 6.45) is 4.96. The van der Waals surface area contributed by atoms with Gasteiger partial charge in [-0.2, -0.15) is 0 Å². The lowest BCUT2D eigenvalue weighted by molar-refractivity contribution is -0.908. The molecule has 2 atom stereocenters. The van der Waals surface area contributed by atoms with Crippen LogP contribution >= 0.6 is 0 Å². The van der Waals surface area contributed by atoms with Gasteiger partial charge in [0.2, 0.25) is 0 Å². The van der Waals surface area contributed by atoms with Crippen molar-refractivity contribution >= 4 is 0 Å². The third-order valence-corrected chi connectivity index (χ3v) is 3.69. The largest absolute Gasteiger partial charge is 0.327 e. The zero-order chi connectivity index (χ0) is 11.7. The van der Waals surface area contributed by atoms with Gasteiger partial charge in [-0.1, -0.05) is 24.3 Å². The number of aromatic nitrogens is 1. The molecule has 1 aliphatic rings. The first kappa shape index (κ1) is 10.5. The second-order valence-electron chi connectivity index (χ2n) is 4.76. The maximum Gasteiger partial charge on any atom is 0.139 e. The van der Waals surface area contributed by atoms with E-state index in [1.807, 2.05) is 12.4 Å². The Balaban J connectivity index is 2.10. The van der Waals surface area contributed by atoms with Gasteiger partial charge >= 0.3 is 0 Å². The van der Waals surface area contributed by atoms with Crippen molar-refractivity contribution in [3.63, 3.8) is 0 Å². The molecule has 0 saturated heterocycles. The molecule has 2 heteroatoms. The molecule has 0 amide bonds. The van der Waals surface area contributed by atoms with Gasteiger partial charge in [0.25, 0.3) is 0 Å². The standard InChI is InChI=1S/C15H16N2/c1-17-11-8-12-4-2-3-5-14(12)15(17)13-6-9-16-10-7-13/h2-7,9-10,15H,8,11H2,1H3/p+1/t15-/m0/s1. The predicted molar refractivity (Wildman–Crippen MR) is 68.0 cm³/mol. The summed E-state index contributed by atoms with van der Waals surface area (Å²) in [5, 5.41) is 0. The molecule has 17 heavy (non-hydrogen) atoms. The number of hydrogen-bond acceptors (Lipinski definition) is 1. The minimum atomic E-state index is 0.461. The topological polar surface area (TPSA) is 17.3 Å². The molecule has 0 fully saturated rings. The fourth-order valence-corrected chi connectivity index (χ4v) is 2.81. The average molecular weight is 225 g/mol. The molecule has 0 spiro atoms. The molecule has 2 heterocycles. The van der Waals surface area contributed by atoms with Crippen LogP contribution in [0, 0.1) is 0 Å². The van der Waals surface area contributed by atoms with Gasteiger partial charge in [0.15, 0.2) is 0 Å². The monoisotopic (exact) mass is 225 g/mol. The van der Waals surface area contributed by atoms with Gasteiger partial charge in [-0.25, -0.2) is 0 Å². The van der Waals surface area contributed by atoms with Crippen molar-refractivity contribution in [3.8, 4) is 0 Å². The molecule has 1 N–H and O–H groups in total. The number of benzene rings is 1. The van der Waals surface area contributed by atoms with Crippen LogP contribution in [-0.4, -0.2) is 18.6 Å². The van der Waals surface area contributed by atoms with Crippen molar-refractivity contribution in [1.29, 1.82) is 0 Å². The maximum atomic E-state index is 4.11. The molecule has 86 valence electrons. The number of nitrogens with one attached hydrogen (secondary N) is 1. The summed E-state index contributed by atoms with van der Waals surface area (Å²) in [7, 11) is 2.28. The molecule has 0 bridgehead atoms. The minimum Gasteiger partial charge on any atom is -0.327 e. The van der Waals surface area contributed by atoms with Gasteiger partial charge in [-0.3, -0.25) is 4.98 Å². The molecule has 1 aromatic carbocycles. The molecule has 1 aromatic heterocycles. The van der Waals surface area contributed by atoms with Crippen LogP contribution in [0.4, 0.5) is 0 Å². The Kier molecular flexibility index (Phi) is 2.65. The molecule has 0 saturated carbocycles. The fraction of sp³-hybridized carbons (Fsp3) is 0.267. The van der Waals surface area contributed by atoms with E-state index in [4.69, 9.17) is 0 Å². The fourth-order valence-electron chi connectivity index (χ4n) is 2.81. The first-order valence-corrected chi connectivity index (χ1v) is 6.16. The number of rotatable bonds is 1. The minimum absolute atomic E-state index is 0.461. The van der Waals surface area contributed by atoms with Crippen LogP contribution in [0.2, 0.25) is 0 Å². The van der Waals surface area contributed by atoms with Gasteiger partial charge in [-0.05, 0) is 17.7 Å². The predicted octanol–water partition coefficient (Wildman–Crippen LogP) is 1.24. The van der Waals surface area contributed by atoms with E-state index >= 15 is 0 Å². The lowest BCUT2D eigenvalue weighted by atomic mass is 9.89. The Hall–Kier alpha value is -1.67. The molecule has 2 aromatic rings. The zero-order valence-corrected chi connectivity index (χ0v) is 10.1. The Bertz CT molecular complexity index is 507. The smallest absolute Gasteiger partial charge is 0.139 e. The van der Waals surface area contributed by atoms with E-state index < -0.39 is 0 Å². The summed E-state index contributed by atoms with van der Waals surface area (Å²) in [4.78, 5) is 5.68. The van der Waals surface area contributed by atoms with Gasteiger partial charge < -0.3 is 4.90 Å². The Labute approximate surface area is 102 Å². The summed E-state index contributed by atoms with van der Waals surface area (Å²) in [6.45, 7) is 1.20. The maximum absolute atomic E-state index is 4.11. The highest BCUT2D eigenvalue weighted by molar-refractivity contribution is 5.36. The van der Waals surface area contributed by atoms with E-state index in [9.17, 15) is 0 Å². The first-order valence-electron chi connectivity index (χ1n) is 6.16. The lowest BCUT2D eigenvalue weighted by Gasteiger charge is -2.31. The first-order chi connectivity index (χ1) is 8.36. The lowest BCUT2D eigenvalue weighted by Crippen LogP contribution is -3.10. The second kappa shape index (κ2) is 4.30. The highest BCUT2D eigenvalue weighted by Gasteiger charge is 2.29. The van der Waals surface area contributed by atoms with Crippen molar-refractivity contribution < 1.29 is 4.90 Å². The zero-order valence-electron chi connectivity index (χ0n) is 10.1. The van der Waals surface area contributed by atoms with Crippen molar-refractivity contribution in [2.24, 2.45) is 0 Å². The van der Waals surface area contributed by atoms with Gasteiger partial charge in [0.05, 0.1) is 13.6 Å². The quantitative estimate of drug-likeness (QED) is 0.773. The third-order valence-electron chi connectivity index (χ3n) is 3.69. The molecular formula is C15H17N2+. The van der Waals surface area contributed by atoms with E-state index in [0.29, 0.717) is 6.04 Å². The van der Waals surface area contributed by atoms with E-state index in [1.165, 1.54) is 29.7 Å². The number of nitrogens with zero attached hydrogens (tertiary/aromatic N) is 1. The number of pyridine rings is 1. The van der Waals surface area contributed by atoms with Crippen molar-refractivity contribution in [3.05, 3.63) is 65.5 Å². The Morgan fingerprint density at radius 2 is 1.88 bits per heavy atom.